The van der Waals surface area contributed by atoms with Crippen molar-refractivity contribution >= 4 is 11.6 Å². The van der Waals surface area contributed by atoms with E-state index in [2.05, 4.69) is 5.32 Å². The number of carbonyl (C=O) groups is 1. The second-order valence-corrected chi connectivity index (χ2v) is 4.87. The summed E-state index contributed by atoms with van der Waals surface area (Å²) in [6.45, 7) is 2.00. The third-order valence-electron chi connectivity index (χ3n) is 3.28. The van der Waals surface area contributed by atoms with E-state index in [0.29, 0.717) is 6.42 Å². The second kappa shape index (κ2) is 6.97. The topological polar surface area (TPSA) is 29.1 Å². The van der Waals surface area contributed by atoms with Gasteiger partial charge in [-0.15, -0.1) is 0 Å². The van der Waals surface area contributed by atoms with Gasteiger partial charge in [0.15, 0.2) is 11.6 Å². The average molecular weight is 289 g/mol. The average Bonchev–Trinajstić information content (AvgIpc) is 2.49. The van der Waals surface area contributed by atoms with E-state index in [1.165, 1.54) is 6.07 Å². The molecule has 0 bridgehead atoms. The normalized spacial score (nSPS) is 12.0. The largest absolute Gasteiger partial charge is 0.325 e. The molecule has 1 amide bonds. The first-order valence-corrected chi connectivity index (χ1v) is 6.92. The maximum absolute atomic E-state index is 13.2. The fourth-order valence-electron chi connectivity index (χ4n) is 2.23. The fourth-order valence-corrected chi connectivity index (χ4v) is 2.23. The lowest BCUT2D eigenvalue weighted by molar-refractivity contribution is -0.117. The minimum atomic E-state index is -0.973. The maximum atomic E-state index is 13.2. The number of benzene rings is 2. The standard InChI is InChI=1S/C17H17F2NO/c1-2-6-14(12-7-4-3-5-8-12)17(21)20-13-9-10-15(18)16(19)11-13/h3-5,7-11,14H,2,6H2,1H3,(H,20,21)/t14-/m1/s1. The van der Waals surface area contributed by atoms with E-state index >= 15 is 0 Å². The Balaban J connectivity index is 2.17. The minimum Gasteiger partial charge on any atom is -0.325 e. The van der Waals surface area contributed by atoms with E-state index < -0.39 is 11.6 Å². The van der Waals surface area contributed by atoms with Crippen molar-refractivity contribution in [3.8, 4) is 0 Å². The summed E-state index contributed by atoms with van der Waals surface area (Å²) in [6.07, 6.45) is 1.55. The molecule has 0 aliphatic heterocycles. The fraction of sp³-hybridized carbons (Fsp3) is 0.235. The minimum absolute atomic E-state index is 0.214. The number of nitrogens with one attached hydrogen (secondary N) is 1. The van der Waals surface area contributed by atoms with Gasteiger partial charge in [0.25, 0.3) is 0 Å². The molecule has 1 atom stereocenters. The highest BCUT2D eigenvalue weighted by molar-refractivity contribution is 5.95. The van der Waals surface area contributed by atoms with Crippen LogP contribution in [0.3, 0.4) is 0 Å². The van der Waals surface area contributed by atoms with Gasteiger partial charge in [0.1, 0.15) is 0 Å². The SMILES string of the molecule is CCC[C@@H](C(=O)Nc1ccc(F)c(F)c1)c1ccccc1. The van der Waals surface area contributed by atoms with E-state index in [9.17, 15) is 13.6 Å². The first-order chi connectivity index (χ1) is 10.1. The predicted molar refractivity (Wildman–Crippen MR) is 79.1 cm³/mol. The first-order valence-electron chi connectivity index (χ1n) is 6.92. The molecule has 4 heteroatoms. The van der Waals surface area contributed by atoms with Gasteiger partial charge >= 0.3 is 0 Å². The van der Waals surface area contributed by atoms with Gasteiger partial charge in [0, 0.05) is 11.8 Å². The number of hydrogen-bond donors (Lipinski definition) is 1. The number of carbonyl (C=O) groups excluding carboxylic acids is 1. The Labute approximate surface area is 122 Å². The van der Waals surface area contributed by atoms with Crippen molar-refractivity contribution in [1.29, 1.82) is 0 Å². The molecule has 2 rings (SSSR count). The number of amides is 1. The van der Waals surface area contributed by atoms with Gasteiger partial charge in [0.05, 0.1) is 5.92 Å². The Morgan fingerprint density at radius 2 is 1.81 bits per heavy atom. The van der Waals surface area contributed by atoms with Crippen molar-refractivity contribution < 1.29 is 13.6 Å². The molecule has 0 aliphatic carbocycles. The summed E-state index contributed by atoms with van der Waals surface area (Å²) in [5.74, 6) is -2.42. The Kier molecular flexibility index (Phi) is 5.04. The van der Waals surface area contributed by atoms with Crippen LogP contribution in [0, 0.1) is 11.6 Å². The second-order valence-electron chi connectivity index (χ2n) is 4.87. The molecule has 2 aromatic rings. The molecule has 0 aliphatic rings. The van der Waals surface area contributed by atoms with E-state index in [4.69, 9.17) is 0 Å². The molecule has 21 heavy (non-hydrogen) atoms. The van der Waals surface area contributed by atoms with Crippen molar-refractivity contribution in [3.63, 3.8) is 0 Å². The summed E-state index contributed by atoms with van der Waals surface area (Å²) in [7, 11) is 0. The van der Waals surface area contributed by atoms with Crippen LogP contribution in [-0.2, 0) is 4.79 Å². The molecule has 0 fully saturated rings. The van der Waals surface area contributed by atoms with E-state index in [1.807, 2.05) is 37.3 Å². The lowest BCUT2D eigenvalue weighted by Gasteiger charge is -2.16. The number of anilines is 1. The molecule has 0 aromatic heterocycles. The molecule has 0 saturated carbocycles. The number of rotatable bonds is 5. The lowest BCUT2D eigenvalue weighted by atomic mass is 9.93. The first kappa shape index (κ1) is 15.2. The molecule has 0 spiro atoms. The van der Waals surface area contributed by atoms with Crippen LogP contribution in [-0.4, -0.2) is 5.91 Å². The summed E-state index contributed by atoms with van der Waals surface area (Å²) < 4.78 is 26.1. The van der Waals surface area contributed by atoms with Crippen LogP contribution in [0.4, 0.5) is 14.5 Å². The quantitative estimate of drug-likeness (QED) is 0.863. The molecule has 2 aromatic carbocycles. The van der Waals surface area contributed by atoms with Crippen LogP contribution in [0.5, 0.6) is 0 Å². The molecular weight excluding hydrogens is 272 g/mol. The van der Waals surface area contributed by atoms with E-state index in [0.717, 1.165) is 24.1 Å². The summed E-state index contributed by atoms with van der Waals surface area (Å²) in [5.41, 5.74) is 1.18. The predicted octanol–water partition coefficient (Wildman–Crippen LogP) is 4.49. The monoisotopic (exact) mass is 289 g/mol. The van der Waals surface area contributed by atoms with E-state index in [1.54, 1.807) is 0 Å². The van der Waals surface area contributed by atoms with Crippen molar-refractivity contribution in [2.75, 3.05) is 5.32 Å². The summed E-state index contributed by atoms with van der Waals surface area (Å²) in [6, 6.07) is 12.8. The molecule has 0 radical (unpaired) electrons. The molecule has 0 heterocycles. The molecular formula is C17H17F2NO. The molecule has 0 unspecified atom stereocenters. The zero-order valence-corrected chi connectivity index (χ0v) is 11.8. The lowest BCUT2D eigenvalue weighted by Crippen LogP contribution is -2.21. The van der Waals surface area contributed by atoms with Gasteiger partial charge in [0.2, 0.25) is 5.91 Å². The molecule has 0 saturated heterocycles. The summed E-state index contributed by atoms with van der Waals surface area (Å²) in [5, 5.41) is 2.65. The van der Waals surface area contributed by atoms with Crippen LogP contribution in [0.15, 0.2) is 48.5 Å². The van der Waals surface area contributed by atoms with Crippen LogP contribution in [0.2, 0.25) is 0 Å². The van der Waals surface area contributed by atoms with Gasteiger partial charge in [-0.25, -0.2) is 8.78 Å². The van der Waals surface area contributed by atoms with Crippen LogP contribution in [0.1, 0.15) is 31.2 Å². The third kappa shape index (κ3) is 3.88. The van der Waals surface area contributed by atoms with Gasteiger partial charge < -0.3 is 5.32 Å². The van der Waals surface area contributed by atoms with Gasteiger partial charge in [-0.2, -0.15) is 0 Å². The van der Waals surface area contributed by atoms with Gasteiger partial charge in [-0.05, 0) is 24.1 Å². The van der Waals surface area contributed by atoms with Crippen molar-refractivity contribution in [1.82, 2.24) is 0 Å². The molecule has 110 valence electrons. The maximum Gasteiger partial charge on any atom is 0.231 e. The van der Waals surface area contributed by atoms with Crippen molar-refractivity contribution in [2.24, 2.45) is 0 Å². The van der Waals surface area contributed by atoms with Crippen LogP contribution in [0.25, 0.3) is 0 Å². The molecule has 2 nitrogen and oxygen atoms in total. The highest BCUT2D eigenvalue weighted by Crippen LogP contribution is 2.23. The number of halogens is 2. The van der Waals surface area contributed by atoms with Crippen LogP contribution < -0.4 is 5.32 Å². The highest BCUT2D eigenvalue weighted by Gasteiger charge is 2.20. The zero-order chi connectivity index (χ0) is 15.2. The smallest absolute Gasteiger partial charge is 0.231 e. The Morgan fingerprint density at radius 3 is 2.43 bits per heavy atom. The van der Waals surface area contributed by atoms with Crippen molar-refractivity contribution in [2.45, 2.75) is 25.7 Å². The van der Waals surface area contributed by atoms with Gasteiger partial charge in [-0.3, -0.25) is 4.79 Å². The Hall–Kier alpha value is -2.23. The summed E-state index contributed by atoms with van der Waals surface area (Å²) >= 11 is 0. The van der Waals surface area contributed by atoms with Crippen molar-refractivity contribution in [3.05, 3.63) is 65.7 Å². The Bertz CT molecular complexity index is 613. The highest BCUT2D eigenvalue weighted by atomic mass is 19.2. The Morgan fingerprint density at radius 1 is 1.10 bits per heavy atom. The van der Waals surface area contributed by atoms with E-state index in [-0.39, 0.29) is 17.5 Å². The zero-order valence-electron chi connectivity index (χ0n) is 11.8. The summed E-state index contributed by atoms with van der Waals surface area (Å²) in [4.78, 5) is 12.4. The molecule has 1 N–H and O–H groups in total. The number of hydrogen-bond acceptors (Lipinski definition) is 1. The third-order valence-corrected chi connectivity index (χ3v) is 3.28. The van der Waals surface area contributed by atoms with Gasteiger partial charge in [-0.1, -0.05) is 43.7 Å². The van der Waals surface area contributed by atoms with Crippen LogP contribution >= 0.6 is 0 Å².